The van der Waals surface area contributed by atoms with E-state index < -0.39 is 23.8 Å². The van der Waals surface area contributed by atoms with Crippen molar-refractivity contribution in [3.8, 4) is 0 Å². The van der Waals surface area contributed by atoms with E-state index in [-0.39, 0.29) is 0 Å². The van der Waals surface area contributed by atoms with E-state index in [0.29, 0.717) is 48.8 Å². The van der Waals surface area contributed by atoms with Crippen molar-refractivity contribution in [3.63, 3.8) is 0 Å². The van der Waals surface area contributed by atoms with Crippen LogP contribution in [0, 0.1) is 11.6 Å². The van der Waals surface area contributed by atoms with Crippen LogP contribution in [0.1, 0.15) is 36.5 Å². The Bertz CT molecular complexity index is 809. The monoisotopic (exact) mass is 369 g/mol. The minimum Gasteiger partial charge on any atom is -0.465 e. The van der Waals surface area contributed by atoms with E-state index in [1.807, 2.05) is 11.5 Å². The van der Waals surface area contributed by atoms with Gasteiger partial charge < -0.3 is 9.67 Å². The maximum Gasteiger partial charge on any atom is 0.407 e. The van der Waals surface area contributed by atoms with Gasteiger partial charge in [-0.15, -0.1) is 0 Å². The standard InChI is InChI=1S/C17H18ClF2N3O2/c1-2-14-21-16(18)15-13(22(17(24)25)7-8-23(14)15)6-4-10-3-5-11(19)12(20)9-10/h3,5,9,13H,2,4,6-8H2,1H3,(H,24,25). The zero-order chi connectivity index (χ0) is 18.1. The number of carbonyl (C=O) groups is 1. The molecule has 1 aliphatic rings. The number of benzene rings is 1. The Balaban J connectivity index is 1.90. The summed E-state index contributed by atoms with van der Waals surface area (Å²) in [5.41, 5.74) is 1.28. The summed E-state index contributed by atoms with van der Waals surface area (Å²) in [4.78, 5) is 17.3. The maximum absolute atomic E-state index is 13.4. The van der Waals surface area contributed by atoms with Gasteiger partial charge in [0.2, 0.25) is 0 Å². The fourth-order valence-electron chi connectivity index (χ4n) is 3.35. The fourth-order valence-corrected chi connectivity index (χ4v) is 3.67. The predicted octanol–water partition coefficient (Wildman–Crippen LogP) is 4.04. The van der Waals surface area contributed by atoms with E-state index in [1.54, 1.807) is 0 Å². The predicted molar refractivity (Wildman–Crippen MR) is 88.8 cm³/mol. The zero-order valence-electron chi connectivity index (χ0n) is 13.7. The zero-order valence-corrected chi connectivity index (χ0v) is 14.4. The van der Waals surface area contributed by atoms with Gasteiger partial charge in [0, 0.05) is 19.5 Å². The summed E-state index contributed by atoms with van der Waals surface area (Å²) in [6.45, 7) is 2.81. The van der Waals surface area contributed by atoms with Crippen LogP contribution in [0.25, 0.3) is 0 Å². The van der Waals surface area contributed by atoms with Crippen LogP contribution in [0.2, 0.25) is 5.15 Å². The summed E-state index contributed by atoms with van der Waals surface area (Å²) in [6.07, 6.45) is 0.473. The fraction of sp³-hybridized carbons (Fsp3) is 0.412. The van der Waals surface area contributed by atoms with E-state index in [2.05, 4.69) is 4.98 Å². The van der Waals surface area contributed by atoms with Crippen LogP contribution in [-0.4, -0.2) is 32.2 Å². The molecule has 0 radical (unpaired) electrons. The molecule has 8 heteroatoms. The number of carboxylic acid groups (broad SMARTS) is 1. The molecule has 1 aromatic carbocycles. The van der Waals surface area contributed by atoms with Gasteiger partial charge in [0.1, 0.15) is 5.82 Å². The smallest absolute Gasteiger partial charge is 0.407 e. The van der Waals surface area contributed by atoms with Gasteiger partial charge in [0.05, 0.1) is 11.7 Å². The van der Waals surface area contributed by atoms with Gasteiger partial charge in [-0.2, -0.15) is 0 Å². The van der Waals surface area contributed by atoms with Crippen molar-refractivity contribution >= 4 is 17.7 Å². The first-order valence-corrected chi connectivity index (χ1v) is 8.48. The number of aromatic nitrogens is 2. The lowest BCUT2D eigenvalue weighted by molar-refractivity contribution is 0.106. The third-order valence-corrected chi connectivity index (χ3v) is 4.83. The molecular weight excluding hydrogens is 352 g/mol. The molecule has 2 heterocycles. The molecule has 1 amide bonds. The Morgan fingerprint density at radius 2 is 2.12 bits per heavy atom. The first-order valence-electron chi connectivity index (χ1n) is 8.10. The van der Waals surface area contributed by atoms with Gasteiger partial charge in [0.15, 0.2) is 16.8 Å². The van der Waals surface area contributed by atoms with Crippen molar-refractivity contribution in [2.75, 3.05) is 6.54 Å². The number of rotatable bonds is 4. The normalized spacial score (nSPS) is 16.8. The molecule has 25 heavy (non-hydrogen) atoms. The number of nitrogens with zero attached hydrogens (tertiary/aromatic N) is 3. The van der Waals surface area contributed by atoms with Crippen LogP contribution in [-0.2, 0) is 19.4 Å². The number of fused-ring (bicyclic) bond motifs is 1. The highest BCUT2D eigenvalue weighted by Crippen LogP contribution is 2.35. The van der Waals surface area contributed by atoms with Gasteiger partial charge in [-0.25, -0.2) is 18.6 Å². The van der Waals surface area contributed by atoms with Crippen LogP contribution >= 0.6 is 11.6 Å². The summed E-state index contributed by atoms with van der Waals surface area (Å²) < 4.78 is 28.4. The molecule has 0 fully saturated rings. The van der Waals surface area contributed by atoms with Crippen molar-refractivity contribution in [2.24, 2.45) is 0 Å². The van der Waals surface area contributed by atoms with Crippen molar-refractivity contribution in [1.29, 1.82) is 0 Å². The molecule has 134 valence electrons. The highest BCUT2D eigenvalue weighted by Gasteiger charge is 2.34. The van der Waals surface area contributed by atoms with Crippen LogP contribution in [0.15, 0.2) is 18.2 Å². The molecule has 1 atom stereocenters. The first-order chi connectivity index (χ1) is 11.9. The molecule has 3 rings (SSSR count). The van der Waals surface area contributed by atoms with Gasteiger partial charge >= 0.3 is 6.09 Å². The van der Waals surface area contributed by atoms with Crippen molar-refractivity contribution < 1.29 is 18.7 Å². The van der Waals surface area contributed by atoms with Gasteiger partial charge in [-0.1, -0.05) is 24.6 Å². The summed E-state index contributed by atoms with van der Waals surface area (Å²) in [6, 6.07) is 3.25. The van der Waals surface area contributed by atoms with Crippen LogP contribution in [0.5, 0.6) is 0 Å². The van der Waals surface area contributed by atoms with Crippen LogP contribution in [0.3, 0.4) is 0 Å². The largest absolute Gasteiger partial charge is 0.465 e. The minimum atomic E-state index is -1.03. The summed E-state index contributed by atoms with van der Waals surface area (Å²) in [7, 11) is 0. The molecule has 1 N–H and O–H groups in total. The molecule has 1 unspecified atom stereocenters. The van der Waals surface area contributed by atoms with E-state index in [4.69, 9.17) is 11.6 Å². The van der Waals surface area contributed by atoms with E-state index in [0.717, 1.165) is 18.0 Å². The second-order valence-corrected chi connectivity index (χ2v) is 6.35. The number of imidazole rings is 1. The number of hydrogen-bond donors (Lipinski definition) is 1. The van der Waals surface area contributed by atoms with Gasteiger partial charge in [-0.05, 0) is 30.5 Å². The Morgan fingerprint density at radius 1 is 1.36 bits per heavy atom. The Morgan fingerprint density at radius 3 is 2.76 bits per heavy atom. The van der Waals surface area contributed by atoms with Crippen LogP contribution in [0.4, 0.5) is 13.6 Å². The van der Waals surface area contributed by atoms with E-state index in [9.17, 15) is 18.7 Å². The highest BCUT2D eigenvalue weighted by atomic mass is 35.5. The second-order valence-electron chi connectivity index (χ2n) is 5.99. The van der Waals surface area contributed by atoms with E-state index >= 15 is 0 Å². The molecule has 0 spiro atoms. The van der Waals surface area contributed by atoms with Crippen molar-refractivity contribution in [3.05, 3.63) is 52.1 Å². The Labute approximate surface area is 148 Å². The second kappa shape index (κ2) is 7.00. The highest BCUT2D eigenvalue weighted by molar-refractivity contribution is 6.30. The summed E-state index contributed by atoms with van der Waals surface area (Å²) in [5, 5.41) is 9.81. The quantitative estimate of drug-likeness (QED) is 0.884. The lowest BCUT2D eigenvalue weighted by atomic mass is 10.0. The van der Waals surface area contributed by atoms with Crippen molar-refractivity contribution in [2.45, 2.75) is 38.8 Å². The molecule has 0 saturated heterocycles. The lowest BCUT2D eigenvalue weighted by Crippen LogP contribution is -2.42. The number of amides is 1. The lowest BCUT2D eigenvalue weighted by Gasteiger charge is -2.35. The maximum atomic E-state index is 13.4. The molecule has 5 nitrogen and oxygen atoms in total. The Kier molecular flexibility index (Phi) is 4.94. The third-order valence-electron chi connectivity index (χ3n) is 4.55. The molecule has 1 aromatic heterocycles. The van der Waals surface area contributed by atoms with Crippen LogP contribution < -0.4 is 0 Å². The number of aryl methyl sites for hydroxylation is 2. The van der Waals surface area contributed by atoms with Gasteiger partial charge in [-0.3, -0.25) is 4.90 Å². The first kappa shape index (κ1) is 17.7. The third kappa shape index (κ3) is 3.33. The molecular formula is C17H18ClF2N3O2. The molecule has 1 aliphatic heterocycles. The number of hydrogen-bond acceptors (Lipinski definition) is 2. The average molecular weight is 370 g/mol. The van der Waals surface area contributed by atoms with Gasteiger partial charge in [0.25, 0.3) is 0 Å². The van der Waals surface area contributed by atoms with E-state index in [1.165, 1.54) is 11.0 Å². The topological polar surface area (TPSA) is 58.4 Å². The average Bonchev–Trinajstić information content (AvgIpc) is 2.92. The Hall–Kier alpha value is -2.15. The molecule has 0 saturated carbocycles. The molecule has 0 aliphatic carbocycles. The number of halogens is 3. The van der Waals surface area contributed by atoms with Crippen molar-refractivity contribution in [1.82, 2.24) is 14.5 Å². The summed E-state index contributed by atoms with van der Waals surface area (Å²) in [5.74, 6) is -0.988. The SMILES string of the molecule is CCc1nc(Cl)c2n1CCN(C(=O)O)C2CCc1ccc(F)c(F)c1. The molecule has 2 aromatic rings. The molecule has 0 bridgehead atoms. The summed E-state index contributed by atoms with van der Waals surface area (Å²) >= 11 is 6.27. The minimum absolute atomic E-state index is 0.304.